The van der Waals surface area contributed by atoms with Crippen molar-refractivity contribution in [1.29, 1.82) is 0 Å². The molecule has 2 aliphatic rings. The van der Waals surface area contributed by atoms with Gasteiger partial charge in [0.2, 0.25) is 0 Å². The number of nitrogens with zero attached hydrogens (tertiary/aromatic N) is 3. The van der Waals surface area contributed by atoms with Gasteiger partial charge in [0.15, 0.2) is 0 Å². The molecule has 1 saturated heterocycles. The SMILES string of the molecule is COC(=O)C1=C(Nc2cc(N3CCN(C)CC3)ccc2C(=O)OC(C)(C)C)C(=O)N(CCO)C1. The molecule has 0 spiro atoms. The van der Waals surface area contributed by atoms with Crippen LogP contribution in [-0.4, -0.2) is 98.4 Å². The summed E-state index contributed by atoms with van der Waals surface area (Å²) in [4.78, 5) is 44.2. The number of hydrogen-bond donors (Lipinski definition) is 2. The van der Waals surface area contributed by atoms with Crippen LogP contribution in [0.15, 0.2) is 29.5 Å². The predicted octanol–water partition coefficient (Wildman–Crippen LogP) is 1.07. The molecule has 1 amide bonds. The van der Waals surface area contributed by atoms with Gasteiger partial charge in [0.05, 0.1) is 37.1 Å². The highest BCUT2D eigenvalue weighted by Gasteiger charge is 2.35. The molecule has 0 saturated carbocycles. The van der Waals surface area contributed by atoms with Crippen molar-refractivity contribution in [2.24, 2.45) is 0 Å². The molecule has 34 heavy (non-hydrogen) atoms. The summed E-state index contributed by atoms with van der Waals surface area (Å²) in [6.07, 6.45) is 0. The minimum absolute atomic E-state index is 0.00826. The molecule has 0 radical (unpaired) electrons. The van der Waals surface area contributed by atoms with Crippen LogP contribution in [-0.2, 0) is 19.1 Å². The Kier molecular flexibility index (Phi) is 7.83. The molecule has 186 valence electrons. The highest BCUT2D eigenvalue weighted by Crippen LogP contribution is 2.30. The highest BCUT2D eigenvalue weighted by atomic mass is 16.6. The number of carbonyl (C=O) groups excluding carboxylic acids is 3. The Morgan fingerprint density at radius 3 is 2.38 bits per heavy atom. The van der Waals surface area contributed by atoms with Gasteiger partial charge in [-0.15, -0.1) is 0 Å². The maximum Gasteiger partial charge on any atom is 0.340 e. The zero-order valence-electron chi connectivity index (χ0n) is 20.5. The maximum atomic E-state index is 13.0. The molecule has 0 unspecified atom stereocenters. The molecule has 10 nitrogen and oxygen atoms in total. The van der Waals surface area contributed by atoms with Gasteiger partial charge in [-0.25, -0.2) is 9.59 Å². The van der Waals surface area contributed by atoms with Crippen molar-refractivity contribution in [3.8, 4) is 0 Å². The third kappa shape index (κ3) is 5.87. The molecule has 1 fully saturated rings. The number of β-amino-alcohol motifs (C(OH)–C–C–N with tert-alkyl or cyclic N) is 1. The van der Waals surface area contributed by atoms with E-state index in [-0.39, 0.29) is 36.5 Å². The molecule has 2 N–H and O–H groups in total. The quantitative estimate of drug-likeness (QED) is 0.561. The number of benzene rings is 1. The van der Waals surface area contributed by atoms with Crippen LogP contribution in [0.4, 0.5) is 11.4 Å². The average Bonchev–Trinajstić information content (AvgIpc) is 3.08. The molecule has 3 rings (SSSR count). The lowest BCUT2D eigenvalue weighted by Gasteiger charge is -2.34. The number of amides is 1. The van der Waals surface area contributed by atoms with E-state index >= 15 is 0 Å². The van der Waals surface area contributed by atoms with Gasteiger partial charge in [0.25, 0.3) is 5.91 Å². The summed E-state index contributed by atoms with van der Waals surface area (Å²) in [5.41, 5.74) is 0.962. The van der Waals surface area contributed by atoms with Crippen molar-refractivity contribution in [3.63, 3.8) is 0 Å². The zero-order valence-corrected chi connectivity index (χ0v) is 20.5. The van der Waals surface area contributed by atoms with Crippen LogP contribution in [0.3, 0.4) is 0 Å². The monoisotopic (exact) mass is 474 g/mol. The van der Waals surface area contributed by atoms with Crippen molar-refractivity contribution in [1.82, 2.24) is 9.80 Å². The van der Waals surface area contributed by atoms with E-state index in [1.807, 2.05) is 6.07 Å². The Hall–Kier alpha value is -3.11. The summed E-state index contributed by atoms with van der Waals surface area (Å²) in [5, 5.41) is 12.3. The van der Waals surface area contributed by atoms with Crippen LogP contribution in [0.5, 0.6) is 0 Å². The van der Waals surface area contributed by atoms with Crippen LogP contribution < -0.4 is 10.2 Å². The lowest BCUT2D eigenvalue weighted by molar-refractivity contribution is -0.136. The van der Waals surface area contributed by atoms with Crippen molar-refractivity contribution in [2.75, 3.05) is 70.2 Å². The summed E-state index contributed by atoms with van der Waals surface area (Å²) in [5.74, 6) is -1.64. The highest BCUT2D eigenvalue weighted by molar-refractivity contribution is 6.09. The van der Waals surface area contributed by atoms with Gasteiger partial charge < -0.3 is 34.6 Å². The number of likely N-dealkylation sites (N-methyl/N-ethyl adjacent to an activating group) is 1. The first-order chi connectivity index (χ1) is 16.0. The molecule has 0 aliphatic carbocycles. The Labute approximate surface area is 200 Å². The molecule has 10 heteroatoms. The molecule has 0 atom stereocenters. The van der Waals surface area contributed by atoms with E-state index < -0.39 is 23.4 Å². The number of aliphatic hydroxyl groups excluding tert-OH is 1. The first-order valence-corrected chi connectivity index (χ1v) is 11.3. The minimum atomic E-state index is -0.706. The largest absolute Gasteiger partial charge is 0.466 e. The van der Waals surface area contributed by atoms with Gasteiger partial charge in [-0.05, 0) is 46.0 Å². The first kappa shape index (κ1) is 25.5. The molecule has 0 bridgehead atoms. The zero-order chi connectivity index (χ0) is 25.0. The Morgan fingerprint density at radius 1 is 1.12 bits per heavy atom. The van der Waals surface area contributed by atoms with Crippen LogP contribution in [0, 0.1) is 0 Å². The third-order valence-electron chi connectivity index (χ3n) is 5.70. The Morgan fingerprint density at radius 2 is 1.79 bits per heavy atom. The second-order valence-electron chi connectivity index (χ2n) is 9.44. The van der Waals surface area contributed by atoms with Crippen molar-refractivity contribution in [3.05, 3.63) is 35.0 Å². The summed E-state index contributed by atoms with van der Waals surface area (Å²) in [6, 6.07) is 5.34. The number of anilines is 2. The standard InChI is InChI=1S/C24H34N4O6/c1-24(2,3)34-23(32)17-7-6-16(27-10-8-26(4)9-11-27)14-19(17)25-20-18(22(31)33-5)15-28(12-13-29)21(20)30/h6-7,14,25,29H,8-13,15H2,1-5H3. The minimum Gasteiger partial charge on any atom is -0.466 e. The lowest BCUT2D eigenvalue weighted by Crippen LogP contribution is -2.44. The number of hydrogen-bond acceptors (Lipinski definition) is 9. The summed E-state index contributed by atoms with van der Waals surface area (Å²) in [7, 11) is 3.31. The average molecular weight is 475 g/mol. The van der Waals surface area contributed by atoms with Gasteiger partial charge >= 0.3 is 11.9 Å². The van der Waals surface area contributed by atoms with Crippen LogP contribution in [0.25, 0.3) is 0 Å². The van der Waals surface area contributed by atoms with Gasteiger partial charge in [-0.1, -0.05) is 0 Å². The fourth-order valence-electron chi connectivity index (χ4n) is 3.89. The number of carbonyl (C=O) groups is 3. The first-order valence-electron chi connectivity index (χ1n) is 11.3. The fraction of sp³-hybridized carbons (Fsp3) is 0.542. The van der Waals surface area contributed by atoms with E-state index in [2.05, 4.69) is 22.2 Å². The van der Waals surface area contributed by atoms with E-state index in [4.69, 9.17) is 9.47 Å². The summed E-state index contributed by atoms with van der Waals surface area (Å²) < 4.78 is 10.4. The van der Waals surface area contributed by atoms with Gasteiger partial charge in [-0.3, -0.25) is 4.79 Å². The van der Waals surface area contributed by atoms with Crippen LogP contribution in [0.2, 0.25) is 0 Å². The van der Waals surface area contributed by atoms with Crippen molar-refractivity contribution >= 4 is 29.2 Å². The maximum absolute atomic E-state index is 13.0. The van der Waals surface area contributed by atoms with E-state index in [0.29, 0.717) is 5.69 Å². The molecular weight excluding hydrogens is 440 g/mol. The fourth-order valence-corrected chi connectivity index (χ4v) is 3.89. The lowest BCUT2D eigenvalue weighted by atomic mass is 10.1. The number of nitrogens with one attached hydrogen (secondary N) is 1. The smallest absolute Gasteiger partial charge is 0.340 e. The summed E-state index contributed by atoms with van der Waals surface area (Å²) >= 11 is 0. The summed E-state index contributed by atoms with van der Waals surface area (Å²) in [6.45, 7) is 8.63. The Bertz CT molecular complexity index is 976. The van der Waals surface area contributed by atoms with Crippen LogP contribution >= 0.6 is 0 Å². The number of esters is 2. The van der Waals surface area contributed by atoms with Crippen molar-refractivity contribution in [2.45, 2.75) is 26.4 Å². The van der Waals surface area contributed by atoms with Gasteiger partial charge in [-0.2, -0.15) is 0 Å². The molecular formula is C24H34N4O6. The molecule has 2 heterocycles. The number of aliphatic hydroxyl groups is 1. The van der Waals surface area contributed by atoms with E-state index in [0.717, 1.165) is 31.9 Å². The number of rotatable bonds is 7. The predicted molar refractivity (Wildman–Crippen MR) is 128 cm³/mol. The Balaban J connectivity index is 2.01. The molecule has 1 aromatic rings. The third-order valence-corrected chi connectivity index (χ3v) is 5.70. The molecule has 2 aliphatic heterocycles. The van der Waals surface area contributed by atoms with Crippen LogP contribution in [0.1, 0.15) is 31.1 Å². The van der Waals surface area contributed by atoms with Crippen molar-refractivity contribution < 1.29 is 29.0 Å². The second kappa shape index (κ2) is 10.4. The number of methoxy groups -OCH3 is 1. The van der Waals surface area contributed by atoms with E-state index in [9.17, 15) is 19.5 Å². The molecule has 0 aromatic heterocycles. The van der Waals surface area contributed by atoms with E-state index in [1.165, 1.54) is 12.0 Å². The van der Waals surface area contributed by atoms with E-state index in [1.54, 1.807) is 32.9 Å². The number of piperazine rings is 1. The molecule has 1 aromatic carbocycles. The topological polar surface area (TPSA) is 112 Å². The van der Waals surface area contributed by atoms with Gasteiger partial charge in [0, 0.05) is 38.4 Å². The second-order valence-corrected chi connectivity index (χ2v) is 9.44. The normalized spacial score (nSPS) is 17.3. The van der Waals surface area contributed by atoms with Gasteiger partial charge in [0.1, 0.15) is 11.3 Å². The number of ether oxygens (including phenoxy) is 2.